The number of carbonyl (C=O) groups is 1. The van der Waals surface area contributed by atoms with Crippen LogP contribution in [0.3, 0.4) is 0 Å². The van der Waals surface area contributed by atoms with Gasteiger partial charge in [-0.15, -0.1) is 0 Å². The van der Waals surface area contributed by atoms with Crippen molar-refractivity contribution in [2.45, 2.75) is 44.7 Å². The number of halogens is 1. The van der Waals surface area contributed by atoms with E-state index >= 15 is 0 Å². The van der Waals surface area contributed by atoms with Crippen molar-refractivity contribution in [3.05, 3.63) is 71.0 Å². The lowest BCUT2D eigenvalue weighted by Gasteiger charge is -2.39. The number of aryl methyl sites for hydroxylation is 1. The molecular formula is C21H24FNO2. The average Bonchev–Trinajstić information content (AvgIpc) is 2.64. The van der Waals surface area contributed by atoms with E-state index in [-0.39, 0.29) is 11.9 Å². The van der Waals surface area contributed by atoms with E-state index in [1.807, 2.05) is 0 Å². The van der Waals surface area contributed by atoms with Crippen molar-refractivity contribution < 1.29 is 14.3 Å². The summed E-state index contributed by atoms with van der Waals surface area (Å²) < 4.78 is 13.4. The molecular weight excluding hydrogens is 317 g/mol. The molecule has 0 bridgehead atoms. The van der Waals surface area contributed by atoms with Crippen molar-refractivity contribution >= 4 is 5.97 Å². The molecule has 2 aromatic carbocycles. The molecule has 1 aliphatic rings. The van der Waals surface area contributed by atoms with Crippen LogP contribution in [0.25, 0.3) is 0 Å². The maximum absolute atomic E-state index is 13.4. The van der Waals surface area contributed by atoms with E-state index in [0.29, 0.717) is 6.42 Å². The molecule has 0 radical (unpaired) electrons. The zero-order valence-corrected chi connectivity index (χ0v) is 14.5. The summed E-state index contributed by atoms with van der Waals surface area (Å²) in [6, 6.07) is 14.1. The Labute approximate surface area is 148 Å². The molecule has 2 aromatic rings. The van der Waals surface area contributed by atoms with Crippen LogP contribution >= 0.6 is 0 Å². The van der Waals surface area contributed by atoms with Crippen molar-refractivity contribution in [3.63, 3.8) is 0 Å². The number of hydrogen-bond acceptors (Lipinski definition) is 2. The summed E-state index contributed by atoms with van der Waals surface area (Å²) in [7, 11) is 0. The SMILES string of the molecule is CCc1ccc(C(c2ccc(F)cc2)N2CCCCC2C(=O)O)cc1. The Kier molecular flexibility index (Phi) is 5.49. The number of rotatable bonds is 5. The molecule has 4 heteroatoms. The van der Waals surface area contributed by atoms with E-state index in [0.717, 1.165) is 36.9 Å². The molecule has 1 N–H and O–H groups in total. The molecule has 0 spiro atoms. The highest BCUT2D eigenvalue weighted by Crippen LogP contribution is 2.34. The highest BCUT2D eigenvalue weighted by atomic mass is 19.1. The lowest BCUT2D eigenvalue weighted by atomic mass is 9.91. The molecule has 1 heterocycles. The summed E-state index contributed by atoms with van der Waals surface area (Å²) in [6.07, 6.45) is 3.52. The maximum atomic E-state index is 13.4. The first-order valence-corrected chi connectivity index (χ1v) is 8.93. The Morgan fingerprint density at radius 1 is 1.12 bits per heavy atom. The van der Waals surface area contributed by atoms with Gasteiger partial charge in [0, 0.05) is 0 Å². The average molecular weight is 341 g/mol. The number of carboxylic acids is 1. The minimum absolute atomic E-state index is 0.173. The number of nitrogens with zero attached hydrogens (tertiary/aromatic N) is 1. The molecule has 0 aliphatic carbocycles. The van der Waals surface area contributed by atoms with Gasteiger partial charge in [-0.1, -0.05) is 49.7 Å². The Morgan fingerprint density at radius 3 is 2.28 bits per heavy atom. The van der Waals surface area contributed by atoms with E-state index in [4.69, 9.17) is 0 Å². The van der Waals surface area contributed by atoms with Gasteiger partial charge in [0.05, 0.1) is 6.04 Å². The smallest absolute Gasteiger partial charge is 0.320 e. The lowest BCUT2D eigenvalue weighted by Crippen LogP contribution is -2.46. The standard InChI is InChI=1S/C21H24FNO2/c1-2-15-6-8-16(9-7-15)20(17-10-12-18(22)13-11-17)23-14-4-3-5-19(23)21(24)25/h6-13,19-20H,2-5,14H2,1H3,(H,24,25). The van der Waals surface area contributed by atoms with Gasteiger partial charge < -0.3 is 5.11 Å². The molecule has 3 rings (SSSR count). The second-order valence-corrected chi connectivity index (χ2v) is 6.64. The van der Waals surface area contributed by atoms with Crippen LogP contribution < -0.4 is 0 Å². The van der Waals surface area contributed by atoms with Crippen LogP contribution in [0.15, 0.2) is 48.5 Å². The summed E-state index contributed by atoms with van der Waals surface area (Å²) in [5.41, 5.74) is 3.23. The second kappa shape index (κ2) is 7.79. The van der Waals surface area contributed by atoms with Gasteiger partial charge in [0.25, 0.3) is 0 Å². The quantitative estimate of drug-likeness (QED) is 0.875. The molecule has 132 valence electrons. The Balaban J connectivity index is 2.03. The lowest BCUT2D eigenvalue weighted by molar-refractivity contribution is -0.145. The third-order valence-corrected chi connectivity index (χ3v) is 5.05. The Hall–Kier alpha value is -2.20. The number of piperidine rings is 1. The molecule has 2 atom stereocenters. The first kappa shape index (κ1) is 17.6. The minimum atomic E-state index is -0.781. The highest BCUT2D eigenvalue weighted by molar-refractivity contribution is 5.73. The maximum Gasteiger partial charge on any atom is 0.320 e. The predicted molar refractivity (Wildman–Crippen MR) is 96.0 cm³/mol. The fraction of sp³-hybridized carbons (Fsp3) is 0.381. The van der Waals surface area contributed by atoms with Crippen LogP contribution in [0, 0.1) is 5.82 Å². The molecule has 1 aliphatic heterocycles. The zero-order chi connectivity index (χ0) is 17.8. The minimum Gasteiger partial charge on any atom is -0.480 e. The van der Waals surface area contributed by atoms with Crippen molar-refractivity contribution in [2.24, 2.45) is 0 Å². The van der Waals surface area contributed by atoms with Crippen LogP contribution in [0.2, 0.25) is 0 Å². The van der Waals surface area contributed by atoms with E-state index in [1.54, 1.807) is 12.1 Å². The van der Waals surface area contributed by atoms with Gasteiger partial charge in [0.15, 0.2) is 0 Å². The van der Waals surface area contributed by atoms with Crippen LogP contribution in [0.5, 0.6) is 0 Å². The highest BCUT2D eigenvalue weighted by Gasteiger charge is 2.35. The molecule has 1 saturated heterocycles. The topological polar surface area (TPSA) is 40.5 Å². The fourth-order valence-electron chi connectivity index (χ4n) is 3.68. The van der Waals surface area contributed by atoms with Crippen molar-refractivity contribution in [1.82, 2.24) is 4.90 Å². The van der Waals surface area contributed by atoms with Crippen molar-refractivity contribution in [3.8, 4) is 0 Å². The van der Waals surface area contributed by atoms with E-state index in [2.05, 4.69) is 36.1 Å². The van der Waals surface area contributed by atoms with Crippen LogP contribution in [-0.2, 0) is 11.2 Å². The van der Waals surface area contributed by atoms with Crippen molar-refractivity contribution in [1.29, 1.82) is 0 Å². The summed E-state index contributed by atoms with van der Waals surface area (Å²) in [5.74, 6) is -1.06. The predicted octanol–water partition coefficient (Wildman–Crippen LogP) is 4.42. The second-order valence-electron chi connectivity index (χ2n) is 6.64. The molecule has 3 nitrogen and oxygen atoms in total. The normalized spacial score (nSPS) is 19.5. The van der Waals surface area contributed by atoms with Crippen molar-refractivity contribution in [2.75, 3.05) is 6.54 Å². The molecule has 0 saturated carbocycles. The number of aliphatic carboxylic acids is 1. The Bertz CT molecular complexity index is 712. The van der Waals surface area contributed by atoms with Gasteiger partial charge in [-0.05, 0) is 54.6 Å². The monoisotopic (exact) mass is 341 g/mol. The van der Waals surface area contributed by atoms with Crippen LogP contribution in [0.4, 0.5) is 4.39 Å². The van der Waals surface area contributed by atoms with Gasteiger partial charge in [-0.25, -0.2) is 4.39 Å². The summed E-state index contributed by atoms with van der Waals surface area (Å²) >= 11 is 0. The number of carboxylic acid groups (broad SMARTS) is 1. The van der Waals surface area contributed by atoms with Gasteiger partial charge in [0.2, 0.25) is 0 Å². The fourth-order valence-corrected chi connectivity index (χ4v) is 3.68. The molecule has 1 fully saturated rings. The van der Waals surface area contributed by atoms with E-state index in [9.17, 15) is 14.3 Å². The number of hydrogen-bond donors (Lipinski definition) is 1. The van der Waals surface area contributed by atoms with Gasteiger partial charge in [-0.2, -0.15) is 0 Å². The zero-order valence-electron chi connectivity index (χ0n) is 14.5. The third kappa shape index (κ3) is 3.90. The van der Waals surface area contributed by atoms with Gasteiger partial charge in [-0.3, -0.25) is 9.69 Å². The van der Waals surface area contributed by atoms with Crippen LogP contribution in [-0.4, -0.2) is 28.6 Å². The molecule has 25 heavy (non-hydrogen) atoms. The van der Waals surface area contributed by atoms with Gasteiger partial charge >= 0.3 is 5.97 Å². The summed E-state index contributed by atoms with van der Waals surface area (Å²) in [4.78, 5) is 13.8. The van der Waals surface area contributed by atoms with Crippen LogP contribution in [0.1, 0.15) is 48.9 Å². The number of likely N-dealkylation sites (tertiary alicyclic amines) is 1. The molecule has 2 unspecified atom stereocenters. The molecule has 0 aromatic heterocycles. The van der Waals surface area contributed by atoms with E-state index < -0.39 is 12.0 Å². The van der Waals surface area contributed by atoms with E-state index in [1.165, 1.54) is 17.7 Å². The van der Waals surface area contributed by atoms with Gasteiger partial charge in [0.1, 0.15) is 11.9 Å². The Morgan fingerprint density at radius 2 is 1.72 bits per heavy atom. The largest absolute Gasteiger partial charge is 0.480 e. The first-order chi connectivity index (χ1) is 12.1. The summed E-state index contributed by atoms with van der Waals surface area (Å²) in [6.45, 7) is 2.84. The molecule has 0 amide bonds. The number of benzene rings is 2. The summed E-state index contributed by atoms with van der Waals surface area (Å²) in [5, 5.41) is 9.68. The third-order valence-electron chi connectivity index (χ3n) is 5.05. The first-order valence-electron chi connectivity index (χ1n) is 8.93.